The quantitative estimate of drug-likeness (QED) is 0.752. The number of thiophene rings is 1. The number of hydrogen-bond acceptors (Lipinski definition) is 3. The topological polar surface area (TPSA) is 49.3 Å². The van der Waals surface area contributed by atoms with E-state index in [1.807, 2.05) is 17.5 Å². The lowest BCUT2D eigenvalue weighted by Crippen LogP contribution is -2.35. The Balaban J connectivity index is 2.34. The maximum atomic E-state index is 10.9. The zero-order valence-corrected chi connectivity index (χ0v) is 9.72. The summed E-state index contributed by atoms with van der Waals surface area (Å²) < 4.78 is 0. The number of aliphatic carboxylic acids is 1. The van der Waals surface area contributed by atoms with Crippen LogP contribution in [0.1, 0.15) is 31.1 Å². The van der Waals surface area contributed by atoms with Crippen LogP contribution >= 0.6 is 11.3 Å². The summed E-state index contributed by atoms with van der Waals surface area (Å²) in [5.74, 6) is -0.750. The van der Waals surface area contributed by atoms with E-state index in [1.54, 1.807) is 11.3 Å². The van der Waals surface area contributed by atoms with Crippen molar-refractivity contribution in [3.63, 3.8) is 0 Å². The lowest BCUT2D eigenvalue weighted by Gasteiger charge is -2.12. The Labute approximate surface area is 94.1 Å². The summed E-state index contributed by atoms with van der Waals surface area (Å²) in [6.45, 7) is 2.72. The minimum absolute atomic E-state index is 0.410. The maximum Gasteiger partial charge on any atom is 0.320 e. The second-order valence-electron chi connectivity index (χ2n) is 3.49. The van der Waals surface area contributed by atoms with Crippen LogP contribution in [0, 0.1) is 0 Å². The third-order valence-corrected chi connectivity index (χ3v) is 3.12. The molecule has 0 fully saturated rings. The van der Waals surface area contributed by atoms with E-state index in [4.69, 9.17) is 5.11 Å². The molecule has 4 heteroatoms. The van der Waals surface area contributed by atoms with Crippen molar-refractivity contribution < 1.29 is 9.90 Å². The molecule has 1 heterocycles. The SMILES string of the molecule is CCCCC(NCc1cccs1)C(=O)O. The van der Waals surface area contributed by atoms with Crippen LogP contribution in [0.25, 0.3) is 0 Å². The average Bonchev–Trinajstić information content (AvgIpc) is 2.70. The third kappa shape index (κ3) is 4.44. The lowest BCUT2D eigenvalue weighted by molar-refractivity contribution is -0.139. The van der Waals surface area contributed by atoms with Gasteiger partial charge in [0.1, 0.15) is 6.04 Å². The second kappa shape index (κ2) is 6.58. The second-order valence-corrected chi connectivity index (χ2v) is 4.53. The van der Waals surface area contributed by atoms with E-state index in [0.29, 0.717) is 13.0 Å². The van der Waals surface area contributed by atoms with Crippen LogP contribution in [0.4, 0.5) is 0 Å². The fourth-order valence-electron chi connectivity index (χ4n) is 1.36. The molecule has 0 aliphatic heterocycles. The average molecular weight is 227 g/mol. The minimum atomic E-state index is -0.750. The smallest absolute Gasteiger partial charge is 0.320 e. The number of carboxylic acids is 1. The fourth-order valence-corrected chi connectivity index (χ4v) is 2.01. The number of rotatable bonds is 7. The normalized spacial score (nSPS) is 12.6. The van der Waals surface area contributed by atoms with Crippen LogP contribution < -0.4 is 5.32 Å². The molecule has 1 rings (SSSR count). The van der Waals surface area contributed by atoms with E-state index in [-0.39, 0.29) is 0 Å². The Morgan fingerprint density at radius 3 is 3.00 bits per heavy atom. The van der Waals surface area contributed by atoms with Crippen molar-refractivity contribution in [1.82, 2.24) is 5.32 Å². The highest BCUT2D eigenvalue weighted by molar-refractivity contribution is 7.09. The van der Waals surface area contributed by atoms with Crippen molar-refractivity contribution in [3.8, 4) is 0 Å². The number of hydrogen-bond donors (Lipinski definition) is 2. The first-order valence-electron chi connectivity index (χ1n) is 5.22. The molecule has 1 aromatic heterocycles. The molecule has 0 saturated carbocycles. The summed E-state index contributed by atoms with van der Waals surface area (Å²) in [7, 11) is 0. The predicted octanol–water partition coefficient (Wildman–Crippen LogP) is 2.48. The monoisotopic (exact) mass is 227 g/mol. The molecule has 0 aromatic carbocycles. The molecule has 0 aliphatic rings. The zero-order valence-electron chi connectivity index (χ0n) is 8.90. The standard InChI is InChI=1S/C11H17NO2S/c1-2-3-6-10(11(13)14)12-8-9-5-4-7-15-9/h4-5,7,10,12H,2-3,6,8H2,1H3,(H,13,14). The third-order valence-electron chi connectivity index (χ3n) is 2.25. The molecular weight excluding hydrogens is 210 g/mol. The van der Waals surface area contributed by atoms with Crippen LogP contribution in [0.5, 0.6) is 0 Å². The van der Waals surface area contributed by atoms with Crippen molar-refractivity contribution in [2.24, 2.45) is 0 Å². The van der Waals surface area contributed by atoms with E-state index >= 15 is 0 Å². The molecule has 0 aliphatic carbocycles. The van der Waals surface area contributed by atoms with Crippen LogP contribution in [-0.2, 0) is 11.3 Å². The predicted molar refractivity (Wildman–Crippen MR) is 62.1 cm³/mol. The number of carbonyl (C=O) groups is 1. The van der Waals surface area contributed by atoms with Gasteiger partial charge in [0, 0.05) is 11.4 Å². The first-order valence-corrected chi connectivity index (χ1v) is 6.10. The molecule has 0 spiro atoms. The van der Waals surface area contributed by atoms with Crippen LogP contribution in [-0.4, -0.2) is 17.1 Å². The number of unbranched alkanes of at least 4 members (excludes halogenated alkanes) is 1. The van der Waals surface area contributed by atoms with E-state index in [1.165, 1.54) is 4.88 Å². The summed E-state index contributed by atoms with van der Waals surface area (Å²) in [6.07, 6.45) is 2.69. The summed E-state index contributed by atoms with van der Waals surface area (Å²) in [6, 6.07) is 3.58. The molecule has 1 unspecified atom stereocenters. The highest BCUT2D eigenvalue weighted by Gasteiger charge is 2.15. The molecule has 0 bridgehead atoms. The Bertz CT molecular complexity index is 285. The molecule has 0 radical (unpaired) electrons. The molecule has 2 N–H and O–H groups in total. The van der Waals surface area contributed by atoms with Gasteiger partial charge < -0.3 is 5.11 Å². The maximum absolute atomic E-state index is 10.9. The Morgan fingerprint density at radius 2 is 2.47 bits per heavy atom. The van der Waals surface area contributed by atoms with Gasteiger partial charge in [-0.25, -0.2) is 0 Å². The van der Waals surface area contributed by atoms with Gasteiger partial charge in [-0.05, 0) is 17.9 Å². The van der Waals surface area contributed by atoms with Crippen molar-refractivity contribution >= 4 is 17.3 Å². The van der Waals surface area contributed by atoms with E-state index < -0.39 is 12.0 Å². The van der Waals surface area contributed by atoms with Crippen LogP contribution in [0.3, 0.4) is 0 Å². The van der Waals surface area contributed by atoms with Gasteiger partial charge in [0.15, 0.2) is 0 Å². The van der Waals surface area contributed by atoms with Gasteiger partial charge in [-0.2, -0.15) is 0 Å². The molecule has 0 amide bonds. The molecule has 3 nitrogen and oxygen atoms in total. The fraction of sp³-hybridized carbons (Fsp3) is 0.545. The van der Waals surface area contributed by atoms with Crippen molar-refractivity contribution in [2.45, 2.75) is 38.8 Å². The lowest BCUT2D eigenvalue weighted by atomic mass is 10.1. The molecular formula is C11H17NO2S. The first kappa shape index (κ1) is 12.2. The zero-order chi connectivity index (χ0) is 11.1. The first-order chi connectivity index (χ1) is 7.24. The van der Waals surface area contributed by atoms with Crippen LogP contribution in [0.2, 0.25) is 0 Å². The summed E-state index contributed by atoms with van der Waals surface area (Å²) in [5.41, 5.74) is 0. The molecule has 1 aromatic rings. The van der Waals surface area contributed by atoms with E-state index in [9.17, 15) is 4.79 Å². The molecule has 15 heavy (non-hydrogen) atoms. The minimum Gasteiger partial charge on any atom is -0.480 e. The van der Waals surface area contributed by atoms with Gasteiger partial charge in [0.25, 0.3) is 0 Å². The van der Waals surface area contributed by atoms with Crippen LogP contribution in [0.15, 0.2) is 17.5 Å². The van der Waals surface area contributed by atoms with E-state index in [2.05, 4.69) is 12.2 Å². The van der Waals surface area contributed by atoms with Gasteiger partial charge >= 0.3 is 5.97 Å². The number of nitrogens with one attached hydrogen (secondary N) is 1. The highest BCUT2D eigenvalue weighted by Crippen LogP contribution is 2.09. The van der Waals surface area contributed by atoms with Gasteiger partial charge in [0.2, 0.25) is 0 Å². The Morgan fingerprint density at radius 1 is 1.67 bits per heavy atom. The van der Waals surface area contributed by atoms with Crippen molar-refractivity contribution in [2.75, 3.05) is 0 Å². The van der Waals surface area contributed by atoms with Gasteiger partial charge in [-0.1, -0.05) is 25.8 Å². The molecule has 0 saturated heterocycles. The summed E-state index contributed by atoms with van der Waals surface area (Å²) in [5, 5.41) is 14.0. The summed E-state index contributed by atoms with van der Waals surface area (Å²) in [4.78, 5) is 12.1. The summed E-state index contributed by atoms with van der Waals surface area (Å²) >= 11 is 1.65. The van der Waals surface area contributed by atoms with Gasteiger partial charge in [0.05, 0.1) is 0 Å². The van der Waals surface area contributed by atoms with Crippen molar-refractivity contribution in [3.05, 3.63) is 22.4 Å². The molecule has 1 atom stereocenters. The number of carboxylic acid groups (broad SMARTS) is 1. The van der Waals surface area contributed by atoms with Crippen molar-refractivity contribution in [1.29, 1.82) is 0 Å². The van der Waals surface area contributed by atoms with Gasteiger partial charge in [-0.3, -0.25) is 10.1 Å². The van der Waals surface area contributed by atoms with E-state index in [0.717, 1.165) is 12.8 Å². The Kier molecular flexibility index (Phi) is 5.36. The molecule has 84 valence electrons. The largest absolute Gasteiger partial charge is 0.480 e. The highest BCUT2D eigenvalue weighted by atomic mass is 32.1. The Hall–Kier alpha value is -0.870. The van der Waals surface area contributed by atoms with Gasteiger partial charge in [-0.15, -0.1) is 11.3 Å².